The fourth-order valence-corrected chi connectivity index (χ4v) is 5.78. The number of hydrogen-bond donors (Lipinski definition) is 1. The Kier molecular flexibility index (Phi) is 6.75. The van der Waals surface area contributed by atoms with Crippen molar-refractivity contribution in [1.29, 1.82) is 0 Å². The predicted molar refractivity (Wildman–Crippen MR) is 133 cm³/mol. The van der Waals surface area contributed by atoms with Crippen LogP contribution in [0, 0.1) is 18.8 Å². The van der Waals surface area contributed by atoms with Crippen LogP contribution in [0.2, 0.25) is 0 Å². The average Bonchev–Trinajstić information content (AvgIpc) is 2.83. The van der Waals surface area contributed by atoms with Crippen LogP contribution in [0.15, 0.2) is 48.5 Å². The van der Waals surface area contributed by atoms with Crippen molar-refractivity contribution in [3.8, 4) is 17.0 Å². The summed E-state index contributed by atoms with van der Waals surface area (Å²) in [5.41, 5.74) is 5.10. The summed E-state index contributed by atoms with van der Waals surface area (Å²) < 4.78 is 5.49. The highest BCUT2D eigenvalue weighted by atomic mass is 35.5. The van der Waals surface area contributed by atoms with Gasteiger partial charge in [0.15, 0.2) is 0 Å². The number of methoxy groups -OCH3 is 1. The molecule has 2 unspecified atom stereocenters. The van der Waals surface area contributed by atoms with Crippen molar-refractivity contribution >= 4 is 23.3 Å². The molecular formula is C27H33ClN2O2. The quantitative estimate of drug-likeness (QED) is 0.531. The Morgan fingerprint density at radius 2 is 2.00 bits per heavy atom. The van der Waals surface area contributed by atoms with Crippen molar-refractivity contribution in [2.24, 2.45) is 11.8 Å². The highest BCUT2D eigenvalue weighted by Gasteiger charge is 2.42. The van der Waals surface area contributed by atoms with Crippen molar-refractivity contribution in [1.82, 2.24) is 9.88 Å². The molecule has 32 heavy (non-hydrogen) atoms. The Bertz CT molecular complexity index is 1100. The molecule has 1 N–H and O–H groups in total. The zero-order chi connectivity index (χ0) is 21.5. The minimum Gasteiger partial charge on any atom is -0.497 e. The summed E-state index contributed by atoms with van der Waals surface area (Å²) in [6.45, 7) is 6.62. The van der Waals surface area contributed by atoms with E-state index in [9.17, 15) is 5.11 Å². The standard InChI is InChI=1S/C27H32N2O2.ClH/c1-4-18-16-29-12-11-19(18)13-26(29)27(30)23-15-25(21-8-6-5-7-17(21)2)28-24-10-9-20(31-3)14-22(23)24;/h5-10,14-15,18-19,26-27,30H,4,11-13,16H2,1-3H3;1H/t18-,19-,26?,27+;/m0./s1. The van der Waals surface area contributed by atoms with Crippen LogP contribution in [-0.4, -0.2) is 41.2 Å². The lowest BCUT2D eigenvalue weighted by molar-refractivity contribution is -0.0562. The maximum atomic E-state index is 11.7. The van der Waals surface area contributed by atoms with Gasteiger partial charge in [0.05, 0.1) is 24.4 Å². The summed E-state index contributed by atoms with van der Waals surface area (Å²) in [5.74, 6) is 2.30. The van der Waals surface area contributed by atoms with Crippen molar-refractivity contribution in [2.75, 3.05) is 20.2 Å². The molecule has 3 aromatic rings. The molecule has 5 heteroatoms. The first-order valence-corrected chi connectivity index (χ1v) is 11.6. The fraction of sp³-hybridized carbons (Fsp3) is 0.444. The van der Waals surface area contributed by atoms with Gasteiger partial charge in [-0.15, -0.1) is 12.4 Å². The summed E-state index contributed by atoms with van der Waals surface area (Å²) in [5, 5.41) is 12.7. The van der Waals surface area contributed by atoms with Gasteiger partial charge in [-0.05, 0) is 73.5 Å². The molecule has 6 rings (SSSR count). The van der Waals surface area contributed by atoms with Crippen LogP contribution in [0.4, 0.5) is 0 Å². The highest BCUT2D eigenvalue weighted by molar-refractivity contribution is 5.87. The summed E-state index contributed by atoms with van der Waals surface area (Å²) in [6.07, 6.45) is 3.03. The molecule has 0 amide bonds. The van der Waals surface area contributed by atoms with Crippen LogP contribution in [-0.2, 0) is 0 Å². The van der Waals surface area contributed by atoms with E-state index in [1.807, 2.05) is 18.2 Å². The van der Waals surface area contributed by atoms with Gasteiger partial charge in [-0.25, -0.2) is 4.98 Å². The van der Waals surface area contributed by atoms with E-state index < -0.39 is 6.10 Å². The van der Waals surface area contributed by atoms with E-state index in [1.54, 1.807) is 7.11 Å². The molecule has 3 aliphatic rings. The third-order valence-corrected chi connectivity index (χ3v) is 7.61. The number of hydrogen-bond acceptors (Lipinski definition) is 4. The van der Waals surface area contributed by atoms with E-state index in [0.29, 0.717) is 0 Å². The van der Waals surface area contributed by atoms with Crippen molar-refractivity contribution < 1.29 is 9.84 Å². The lowest BCUT2D eigenvalue weighted by Gasteiger charge is -2.51. The number of pyridine rings is 1. The van der Waals surface area contributed by atoms with Gasteiger partial charge in [-0.2, -0.15) is 0 Å². The lowest BCUT2D eigenvalue weighted by Crippen LogP contribution is -2.55. The molecule has 2 bridgehead atoms. The average molecular weight is 453 g/mol. The molecule has 3 aliphatic heterocycles. The van der Waals surface area contributed by atoms with E-state index in [0.717, 1.165) is 64.8 Å². The number of aliphatic hydroxyl groups excluding tert-OH is 1. The Hall–Kier alpha value is -2.14. The normalized spacial score (nSPS) is 25.4. The Balaban J connectivity index is 0.00000245. The third-order valence-electron chi connectivity index (χ3n) is 7.61. The highest BCUT2D eigenvalue weighted by Crippen LogP contribution is 2.43. The van der Waals surface area contributed by atoms with Gasteiger partial charge in [0.1, 0.15) is 5.75 Å². The van der Waals surface area contributed by atoms with Crippen LogP contribution in [0.1, 0.15) is 43.4 Å². The predicted octanol–water partition coefficient (Wildman–Crippen LogP) is 5.79. The zero-order valence-corrected chi connectivity index (χ0v) is 19.9. The van der Waals surface area contributed by atoms with Gasteiger partial charge in [0.25, 0.3) is 0 Å². The molecule has 0 aliphatic carbocycles. The van der Waals surface area contributed by atoms with Crippen LogP contribution in [0.5, 0.6) is 5.75 Å². The number of aliphatic hydroxyl groups is 1. The van der Waals surface area contributed by atoms with Crippen LogP contribution in [0.25, 0.3) is 22.2 Å². The second-order valence-corrected chi connectivity index (χ2v) is 9.25. The molecular weight excluding hydrogens is 420 g/mol. The minimum atomic E-state index is -0.541. The van der Waals surface area contributed by atoms with Gasteiger partial charge < -0.3 is 9.84 Å². The molecule has 4 nitrogen and oxygen atoms in total. The van der Waals surface area contributed by atoms with E-state index in [1.165, 1.54) is 18.4 Å². The molecule has 3 fully saturated rings. The smallest absolute Gasteiger partial charge is 0.119 e. The van der Waals surface area contributed by atoms with Gasteiger partial charge >= 0.3 is 0 Å². The number of ether oxygens (including phenoxy) is 1. The van der Waals surface area contributed by atoms with E-state index >= 15 is 0 Å². The third kappa shape index (κ3) is 4.00. The summed E-state index contributed by atoms with van der Waals surface area (Å²) in [6, 6.07) is 16.6. The lowest BCUT2D eigenvalue weighted by atomic mass is 9.72. The molecule has 170 valence electrons. The number of piperidine rings is 3. The molecule has 0 saturated carbocycles. The summed E-state index contributed by atoms with van der Waals surface area (Å²) >= 11 is 0. The molecule has 0 spiro atoms. The number of aromatic nitrogens is 1. The summed E-state index contributed by atoms with van der Waals surface area (Å²) in [7, 11) is 1.68. The first-order chi connectivity index (χ1) is 15.1. The largest absolute Gasteiger partial charge is 0.497 e. The number of benzene rings is 2. The van der Waals surface area contributed by atoms with Gasteiger partial charge in [-0.1, -0.05) is 37.6 Å². The number of halogens is 1. The first-order valence-electron chi connectivity index (χ1n) is 11.6. The van der Waals surface area contributed by atoms with Crippen molar-refractivity contribution in [3.05, 3.63) is 59.7 Å². The van der Waals surface area contributed by atoms with E-state index in [2.05, 4.69) is 49.1 Å². The number of aryl methyl sites for hydroxylation is 1. The first kappa shape index (κ1) is 23.0. The van der Waals surface area contributed by atoms with Crippen molar-refractivity contribution in [2.45, 2.75) is 45.3 Å². The number of rotatable bonds is 5. The molecule has 4 heterocycles. The van der Waals surface area contributed by atoms with Crippen LogP contribution >= 0.6 is 12.4 Å². The SMILES string of the molecule is CC[C@H]1CN2CC[C@H]1CC2[C@H](O)c1cc(-c2ccccc2C)nc2ccc(OC)cc12.Cl. The fourth-order valence-electron chi connectivity index (χ4n) is 5.78. The Morgan fingerprint density at radius 3 is 2.69 bits per heavy atom. The zero-order valence-electron chi connectivity index (χ0n) is 19.1. The van der Waals surface area contributed by atoms with Gasteiger partial charge in [0, 0.05) is 23.5 Å². The minimum absolute atomic E-state index is 0. The topological polar surface area (TPSA) is 45.6 Å². The van der Waals surface area contributed by atoms with Crippen LogP contribution in [0.3, 0.4) is 0 Å². The molecule has 2 aromatic carbocycles. The Morgan fingerprint density at radius 1 is 1.19 bits per heavy atom. The molecule has 3 saturated heterocycles. The van der Waals surface area contributed by atoms with Gasteiger partial charge in [0.2, 0.25) is 0 Å². The number of fused-ring (bicyclic) bond motifs is 4. The maximum absolute atomic E-state index is 11.7. The molecule has 1 aromatic heterocycles. The number of nitrogens with zero attached hydrogens (tertiary/aromatic N) is 2. The monoisotopic (exact) mass is 452 g/mol. The molecule has 5 atom stereocenters. The van der Waals surface area contributed by atoms with Gasteiger partial charge in [-0.3, -0.25) is 4.90 Å². The second kappa shape index (κ2) is 9.38. The van der Waals surface area contributed by atoms with Crippen molar-refractivity contribution in [3.63, 3.8) is 0 Å². The second-order valence-electron chi connectivity index (χ2n) is 9.25. The maximum Gasteiger partial charge on any atom is 0.119 e. The molecule has 0 radical (unpaired) electrons. The van der Waals surface area contributed by atoms with E-state index in [4.69, 9.17) is 9.72 Å². The van der Waals surface area contributed by atoms with Crippen LogP contribution < -0.4 is 4.74 Å². The summed E-state index contributed by atoms with van der Waals surface area (Å²) in [4.78, 5) is 7.49. The Labute approximate surface area is 197 Å². The van der Waals surface area contributed by atoms with E-state index in [-0.39, 0.29) is 18.4 Å².